The number of nitrogens with one attached hydrogen (secondary N) is 1. The molecule has 0 saturated heterocycles. The predicted octanol–water partition coefficient (Wildman–Crippen LogP) is 3.20. The number of methoxy groups -OCH3 is 1. The highest BCUT2D eigenvalue weighted by Crippen LogP contribution is 2.37. The summed E-state index contributed by atoms with van der Waals surface area (Å²) in [6, 6.07) is 2.81. The minimum absolute atomic E-state index is 0.0170. The van der Waals surface area contributed by atoms with Gasteiger partial charge >= 0.3 is 12.1 Å². The number of hydrogen-bond donors (Lipinski definition) is 2. The average Bonchev–Trinajstić information content (AvgIpc) is 2.68. The molecule has 0 fully saturated rings. The lowest BCUT2D eigenvalue weighted by Gasteiger charge is -2.04. The first kappa shape index (κ1) is 13.3. The lowest BCUT2D eigenvalue weighted by molar-refractivity contribution is -0.141. The molecule has 2 aromatic rings. The Morgan fingerprint density at radius 3 is 2.47 bits per heavy atom. The lowest BCUT2D eigenvalue weighted by Crippen LogP contribution is -2.11. The summed E-state index contributed by atoms with van der Waals surface area (Å²) in [5, 5.41) is 8.99. The van der Waals surface area contributed by atoms with Gasteiger partial charge in [-0.25, -0.2) is 4.79 Å². The number of halogens is 3. The number of benzene rings is 1. The molecule has 1 aromatic heterocycles. The highest BCUT2D eigenvalue weighted by atomic mass is 19.4. The van der Waals surface area contributed by atoms with E-state index in [0.717, 1.165) is 0 Å². The predicted molar refractivity (Wildman–Crippen MR) is 61.5 cm³/mol. The fourth-order valence-corrected chi connectivity index (χ4v) is 1.99. The number of H-pyrrole nitrogens is 1. The van der Waals surface area contributed by atoms with E-state index in [0.29, 0.717) is 11.3 Å². The Morgan fingerprint density at radius 2 is 2.00 bits per heavy atom. The molecule has 0 aliphatic rings. The van der Waals surface area contributed by atoms with Crippen molar-refractivity contribution in [2.75, 3.05) is 7.11 Å². The van der Waals surface area contributed by atoms with E-state index in [-0.39, 0.29) is 10.9 Å². The highest BCUT2D eigenvalue weighted by molar-refractivity contribution is 6.06. The molecule has 0 amide bonds. The molecule has 0 radical (unpaired) electrons. The third kappa shape index (κ3) is 2.11. The van der Waals surface area contributed by atoms with Crippen LogP contribution < -0.4 is 4.74 Å². The van der Waals surface area contributed by atoms with Crippen LogP contribution in [0, 0.1) is 6.92 Å². The van der Waals surface area contributed by atoms with E-state index < -0.39 is 23.4 Å². The van der Waals surface area contributed by atoms with Crippen molar-refractivity contribution in [1.29, 1.82) is 0 Å². The van der Waals surface area contributed by atoms with E-state index in [9.17, 15) is 18.0 Å². The van der Waals surface area contributed by atoms with E-state index in [1.165, 1.54) is 19.2 Å². The van der Waals surface area contributed by atoms with E-state index >= 15 is 0 Å². The Morgan fingerprint density at radius 1 is 1.37 bits per heavy atom. The number of fused-ring (bicyclic) bond motifs is 1. The van der Waals surface area contributed by atoms with Crippen molar-refractivity contribution >= 4 is 16.9 Å². The number of hydrogen-bond acceptors (Lipinski definition) is 2. The van der Waals surface area contributed by atoms with Crippen LogP contribution in [0.2, 0.25) is 0 Å². The SMILES string of the molecule is COc1cc(C)c2[nH]c(C(F)(F)F)c(C(=O)O)c2c1. The second-order valence-electron chi connectivity index (χ2n) is 4.04. The number of carboxylic acids is 1. The van der Waals surface area contributed by atoms with Crippen molar-refractivity contribution in [2.45, 2.75) is 13.1 Å². The standard InChI is InChI=1S/C12H10F3NO3/c1-5-3-6(19-2)4-7-8(11(17)18)10(12(13,14)15)16-9(5)7/h3-4,16H,1-2H3,(H,17,18). The van der Waals surface area contributed by atoms with Gasteiger partial charge in [0.05, 0.1) is 12.7 Å². The van der Waals surface area contributed by atoms with Crippen LogP contribution in [0.15, 0.2) is 12.1 Å². The van der Waals surface area contributed by atoms with Crippen molar-refractivity contribution in [1.82, 2.24) is 4.98 Å². The first-order valence-electron chi connectivity index (χ1n) is 5.26. The molecule has 0 bridgehead atoms. The van der Waals surface area contributed by atoms with Crippen LogP contribution in [-0.4, -0.2) is 23.2 Å². The maximum Gasteiger partial charge on any atom is 0.432 e. The quantitative estimate of drug-likeness (QED) is 0.883. The molecule has 2 N–H and O–H groups in total. The van der Waals surface area contributed by atoms with E-state index in [2.05, 4.69) is 4.98 Å². The van der Waals surface area contributed by atoms with E-state index in [4.69, 9.17) is 9.84 Å². The fourth-order valence-electron chi connectivity index (χ4n) is 1.99. The normalized spacial score (nSPS) is 11.8. The monoisotopic (exact) mass is 273 g/mol. The van der Waals surface area contributed by atoms with Crippen LogP contribution in [0.4, 0.5) is 13.2 Å². The number of rotatable bonds is 2. The third-order valence-corrected chi connectivity index (χ3v) is 2.81. The van der Waals surface area contributed by atoms with Crippen molar-refractivity contribution in [3.05, 3.63) is 29.0 Å². The minimum Gasteiger partial charge on any atom is -0.497 e. The Balaban J connectivity index is 2.90. The molecule has 102 valence electrons. The Bertz CT molecular complexity index is 658. The summed E-state index contributed by atoms with van der Waals surface area (Å²) in [6.07, 6.45) is -4.76. The molecule has 2 rings (SSSR count). The molecular weight excluding hydrogens is 263 g/mol. The molecule has 0 unspecified atom stereocenters. The summed E-state index contributed by atoms with van der Waals surface area (Å²) >= 11 is 0. The second kappa shape index (κ2) is 4.18. The van der Waals surface area contributed by atoms with Crippen molar-refractivity contribution in [3.8, 4) is 5.75 Å². The Labute approximate surface area is 105 Å². The maximum absolute atomic E-state index is 12.8. The first-order chi connectivity index (χ1) is 8.75. The Hall–Kier alpha value is -2.18. The number of aromatic nitrogens is 1. The number of aromatic carboxylic acids is 1. The average molecular weight is 273 g/mol. The zero-order valence-corrected chi connectivity index (χ0v) is 10.1. The van der Waals surface area contributed by atoms with Gasteiger partial charge in [0, 0.05) is 10.9 Å². The molecular formula is C12H10F3NO3. The molecule has 0 atom stereocenters. The van der Waals surface area contributed by atoms with Gasteiger partial charge in [0.2, 0.25) is 0 Å². The second-order valence-corrected chi connectivity index (χ2v) is 4.04. The molecule has 4 nitrogen and oxygen atoms in total. The smallest absolute Gasteiger partial charge is 0.432 e. The third-order valence-electron chi connectivity index (χ3n) is 2.81. The largest absolute Gasteiger partial charge is 0.497 e. The zero-order valence-electron chi connectivity index (χ0n) is 10.1. The number of aromatic amines is 1. The maximum atomic E-state index is 12.8. The van der Waals surface area contributed by atoms with Gasteiger partial charge in [-0.15, -0.1) is 0 Å². The van der Waals surface area contributed by atoms with Gasteiger partial charge < -0.3 is 14.8 Å². The molecule has 7 heteroatoms. The summed E-state index contributed by atoms with van der Waals surface area (Å²) in [6.45, 7) is 1.58. The molecule has 19 heavy (non-hydrogen) atoms. The van der Waals surface area contributed by atoms with Crippen LogP contribution in [0.5, 0.6) is 5.75 Å². The number of ether oxygens (including phenoxy) is 1. The molecule has 0 aliphatic carbocycles. The van der Waals surface area contributed by atoms with Gasteiger partial charge in [0.15, 0.2) is 0 Å². The van der Waals surface area contributed by atoms with Crippen molar-refractivity contribution in [3.63, 3.8) is 0 Å². The number of aryl methyl sites for hydroxylation is 1. The van der Waals surface area contributed by atoms with Crippen molar-refractivity contribution in [2.24, 2.45) is 0 Å². The summed E-state index contributed by atoms with van der Waals surface area (Å²) in [5.74, 6) is -1.33. The van der Waals surface area contributed by atoms with Gasteiger partial charge in [-0.2, -0.15) is 13.2 Å². The number of carbonyl (C=O) groups is 1. The molecule has 1 heterocycles. The molecule has 0 spiro atoms. The minimum atomic E-state index is -4.76. The molecule has 0 saturated carbocycles. The topological polar surface area (TPSA) is 62.3 Å². The van der Waals surface area contributed by atoms with Crippen LogP contribution in [0.1, 0.15) is 21.6 Å². The number of alkyl halides is 3. The van der Waals surface area contributed by atoms with Crippen LogP contribution in [0.25, 0.3) is 10.9 Å². The summed E-state index contributed by atoms with van der Waals surface area (Å²) in [4.78, 5) is 13.2. The van der Waals surface area contributed by atoms with Gasteiger partial charge in [0.1, 0.15) is 11.4 Å². The summed E-state index contributed by atoms with van der Waals surface area (Å²) < 4.78 is 43.5. The van der Waals surface area contributed by atoms with Gasteiger partial charge in [-0.3, -0.25) is 0 Å². The highest BCUT2D eigenvalue weighted by Gasteiger charge is 2.39. The first-order valence-corrected chi connectivity index (χ1v) is 5.26. The van der Waals surface area contributed by atoms with Crippen molar-refractivity contribution < 1.29 is 27.8 Å². The van der Waals surface area contributed by atoms with Gasteiger partial charge in [-0.1, -0.05) is 0 Å². The summed E-state index contributed by atoms with van der Waals surface area (Å²) in [5.41, 5.74) is -1.42. The zero-order chi connectivity index (χ0) is 14.4. The van der Waals surface area contributed by atoms with E-state index in [1.54, 1.807) is 6.92 Å². The van der Waals surface area contributed by atoms with Crippen LogP contribution >= 0.6 is 0 Å². The van der Waals surface area contributed by atoms with E-state index in [1.807, 2.05) is 0 Å². The molecule has 1 aromatic carbocycles. The number of carboxylic acid groups (broad SMARTS) is 1. The fraction of sp³-hybridized carbons (Fsp3) is 0.250. The van der Waals surface area contributed by atoms with Crippen LogP contribution in [-0.2, 0) is 6.18 Å². The lowest BCUT2D eigenvalue weighted by atomic mass is 10.1. The summed E-state index contributed by atoms with van der Waals surface area (Å²) in [7, 11) is 1.36. The molecule has 0 aliphatic heterocycles. The Kier molecular flexibility index (Phi) is 2.92. The van der Waals surface area contributed by atoms with Gasteiger partial charge in [-0.05, 0) is 24.6 Å². The van der Waals surface area contributed by atoms with Gasteiger partial charge in [0.25, 0.3) is 0 Å². The van der Waals surface area contributed by atoms with Crippen LogP contribution in [0.3, 0.4) is 0 Å².